The summed E-state index contributed by atoms with van der Waals surface area (Å²) in [6.07, 6.45) is 3.06. The number of Topliss-reactive ketones (excluding diaryl/α,β-unsaturated/α-hetero) is 1. The molecule has 0 radical (unpaired) electrons. The molecule has 5 nitrogen and oxygen atoms in total. The average Bonchev–Trinajstić information content (AvgIpc) is 3.09. The van der Waals surface area contributed by atoms with Crippen molar-refractivity contribution in [3.63, 3.8) is 0 Å². The zero-order valence-electron chi connectivity index (χ0n) is 16.3. The van der Waals surface area contributed by atoms with E-state index in [1.165, 1.54) is 0 Å². The first-order valence-corrected chi connectivity index (χ1v) is 9.69. The quantitative estimate of drug-likeness (QED) is 0.736. The summed E-state index contributed by atoms with van der Waals surface area (Å²) in [6, 6.07) is 15.6. The molecule has 1 aromatic heterocycles. The number of benzene rings is 2. The molecule has 1 unspecified atom stereocenters. The van der Waals surface area contributed by atoms with Gasteiger partial charge in [0.2, 0.25) is 5.91 Å². The van der Waals surface area contributed by atoms with Gasteiger partial charge in [-0.15, -0.1) is 0 Å². The van der Waals surface area contributed by atoms with E-state index in [-0.39, 0.29) is 17.6 Å². The van der Waals surface area contributed by atoms with Crippen LogP contribution in [0.4, 0.5) is 5.69 Å². The number of hydrogen-bond donors (Lipinski definition) is 1. The maximum atomic E-state index is 13.0. The zero-order chi connectivity index (χ0) is 19.7. The van der Waals surface area contributed by atoms with Crippen molar-refractivity contribution in [2.24, 2.45) is 0 Å². The van der Waals surface area contributed by atoms with Crippen LogP contribution in [0, 0.1) is 0 Å². The third kappa shape index (κ3) is 3.58. The molecule has 0 fully saturated rings. The second kappa shape index (κ2) is 7.60. The van der Waals surface area contributed by atoms with Crippen LogP contribution in [0.3, 0.4) is 0 Å². The second-order valence-electron chi connectivity index (χ2n) is 7.68. The lowest BCUT2D eigenvalue weighted by Gasteiger charge is -2.23. The van der Waals surface area contributed by atoms with Crippen LogP contribution in [0.5, 0.6) is 0 Å². The van der Waals surface area contributed by atoms with Crippen molar-refractivity contribution in [1.29, 1.82) is 0 Å². The van der Waals surface area contributed by atoms with Crippen LogP contribution in [0.2, 0.25) is 0 Å². The topological polar surface area (TPSA) is 54.3 Å². The lowest BCUT2D eigenvalue weighted by molar-refractivity contribution is -0.117. The Kier molecular flexibility index (Phi) is 5.01. The number of ketones is 1. The first kappa shape index (κ1) is 18.4. The van der Waals surface area contributed by atoms with E-state index in [4.69, 9.17) is 0 Å². The highest BCUT2D eigenvalue weighted by Gasteiger charge is 2.30. The number of aromatic nitrogens is 1. The van der Waals surface area contributed by atoms with Crippen LogP contribution in [0.25, 0.3) is 10.9 Å². The summed E-state index contributed by atoms with van der Waals surface area (Å²) in [5.41, 5.74) is 3.42. The lowest BCUT2D eigenvalue weighted by atomic mass is 9.81. The Morgan fingerprint density at radius 2 is 2.00 bits per heavy atom. The molecule has 0 saturated heterocycles. The van der Waals surface area contributed by atoms with E-state index in [0.717, 1.165) is 35.2 Å². The van der Waals surface area contributed by atoms with Gasteiger partial charge in [0.05, 0.1) is 11.4 Å². The Bertz CT molecular complexity index is 1040. The number of anilines is 1. The molecule has 1 amide bonds. The zero-order valence-corrected chi connectivity index (χ0v) is 16.3. The molecule has 0 aliphatic heterocycles. The summed E-state index contributed by atoms with van der Waals surface area (Å²) in [6.45, 7) is 1.85. The van der Waals surface area contributed by atoms with Crippen molar-refractivity contribution < 1.29 is 9.59 Å². The number of hydrogen-bond acceptors (Lipinski definition) is 3. The number of nitrogens with zero attached hydrogens (tertiary/aromatic N) is 2. The monoisotopic (exact) mass is 375 g/mol. The number of fused-ring (bicyclic) bond motifs is 2. The summed E-state index contributed by atoms with van der Waals surface area (Å²) < 4.78 is 2.21. The van der Waals surface area contributed by atoms with Crippen LogP contribution in [0.1, 0.15) is 34.7 Å². The molecule has 28 heavy (non-hydrogen) atoms. The van der Waals surface area contributed by atoms with E-state index in [2.05, 4.69) is 41.1 Å². The number of carbonyl (C=O) groups excluding carboxylic acids is 2. The Hall–Kier alpha value is -2.92. The van der Waals surface area contributed by atoms with E-state index < -0.39 is 0 Å². The van der Waals surface area contributed by atoms with E-state index >= 15 is 0 Å². The average molecular weight is 375 g/mol. The number of carbonyl (C=O) groups is 2. The molecule has 1 heterocycles. The van der Waals surface area contributed by atoms with Crippen LogP contribution in [-0.2, 0) is 11.3 Å². The molecule has 1 N–H and O–H groups in total. The third-order valence-electron chi connectivity index (χ3n) is 5.44. The van der Waals surface area contributed by atoms with Gasteiger partial charge in [0.25, 0.3) is 0 Å². The minimum absolute atomic E-state index is 0.0503. The van der Waals surface area contributed by atoms with Gasteiger partial charge in [0.1, 0.15) is 0 Å². The van der Waals surface area contributed by atoms with Crippen molar-refractivity contribution in [1.82, 2.24) is 9.47 Å². The normalized spacial score (nSPS) is 16.4. The van der Waals surface area contributed by atoms with Gasteiger partial charge in [-0.2, -0.15) is 0 Å². The maximum Gasteiger partial charge on any atom is 0.231 e. The molecule has 4 rings (SSSR count). The molecule has 144 valence electrons. The molecule has 0 saturated carbocycles. The smallest absolute Gasteiger partial charge is 0.231 e. The van der Waals surface area contributed by atoms with Crippen molar-refractivity contribution in [2.45, 2.75) is 25.3 Å². The maximum absolute atomic E-state index is 13.0. The van der Waals surface area contributed by atoms with Gasteiger partial charge in [0.15, 0.2) is 5.78 Å². The highest BCUT2D eigenvalue weighted by Crippen LogP contribution is 2.32. The fraction of sp³-hybridized carbons (Fsp3) is 0.304. The number of amides is 1. The molecular formula is C23H25N3O2. The van der Waals surface area contributed by atoms with Gasteiger partial charge in [-0.3, -0.25) is 9.59 Å². The van der Waals surface area contributed by atoms with Gasteiger partial charge in [-0.1, -0.05) is 30.3 Å². The summed E-state index contributed by atoms with van der Waals surface area (Å²) in [5, 5.41) is 4.23. The molecule has 1 aliphatic carbocycles. The number of nitrogens with one attached hydrogen (secondary N) is 1. The summed E-state index contributed by atoms with van der Waals surface area (Å²) in [5.74, 6) is -0.212. The minimum Gasteiger partial charge on any atom is -0.346 e. The number of likely N-dealkylation sites (N-methyl/N-ethyl adjacent to an activating group) is 1. The lowest BCUT2D eigenvalue weighted by Crippen LogP contribution is -2.26. The molecule has 1 aliphatic rings. The molecule has 5 heteroatoms. The van der Waals surface area contributed by atoms with Crippen molar-refractivity contribution in [2.75, 3.05) is 26.0 Å². The van der Waals surface area contributed by atoms with Crippen molar-refractivity contribution >= 4 is 28.3 Å². The first-order valence-electron chi connectivity index (χ1n) is 9.69. The van der Waals surface area contributed by atoms with Gasteiger partial charge in [-0.05, 0) is 49.7 Å². The predicted octanol–water partition coefficient (Wildman–Crippen LogP) is 3.90. The SMILES string of the molecule is CN(C)CCn1ccc2ccc(NC(=O)C3CCC(=O)c4ccccc43)cc21. The Labute approximate surface area is 165 Å². The fourth-order valence-corrected chi connectivity index (χ4v) is 3.89. The highest BCUT2D eigenvalue weighted by molar-refractivity contribution is 6.04. The Morgan fingerprint density at radius 1 is 1.18 bits per heavy atom. The predicted molar refractivity (Wildman–Crippen MR) is 112 cm³/mol. The molecule has 3 aromatic rings. The van der Waals surface area contributed by atoms with Gasteiger partial charge in [0, 0.05) is 37.0 Å². The van der Waals surface area contributed by atoms with Crippen molar-refractivity contribution in [3.05, 3.63) is 65.9 Å². The standard InChI is InChI=1S/C23H25N3O2/c1-25(2)13-14-26-12-11-16-7-8-17(15-21(16)26)24-23(28)20-9-10-22(27)19-6-4-3-5-18(19)20/h3-8,11-12,15,20H,9-10,13-14H2,1-2H3,(H,24,28). The van der Waals surface area contributed by atoms with Crippen LogP contribution in [0.15, 0.2) is 54.7 Å². The van der Waals surface area contributed by atoms with E-state index in [0.29, 0.717) is 18.4 Å². The fourth-order valence-electron chi connectivity index (χ4n) is 3.89. The van der Waals surface area contributed by atoms with Gasteiger partial charge >= 0.3 is 0 Å². The third-order valence-corrected chi connectivity index (χ3v) is 5.44. The molecule has 2 aromatic carbocycles. The van der Waals surface area contributed by atoms with Gasteiger partial charge in [-0.25, -0.2) is 0 Å². The Morgan fingerprint density at radius 3 is 2.82 bits per heavy atom. The number of rotatable bonds is 5. The Balaban J connectivity index is 1.56. The molecule has 1 atom stereocenters. The van der Waals surface area contributed by atoms with Gasteiger partial charge < -0.3 is 14.8 Å². The summed E-state index contributed by atoms with van der Waals surface area (Å²) in [7, 11) is 4.12. The molecule has 0 spiro atoms. The molecular weight excluding hydrogens is 350 g/mol. The summed E-state index contributed by atoms with van der Waals surface area (Å²) >= 11 is 0. The van der Waals surface area contributed by atoms with Crippen molar-refractivity contribution in [3.8, 4) is 0 Å². The van der Waals surface area contributed by atoms with E-state index in [1.54, 1.807) is 0 Å². The highest BCUT2D eigenvalue weighted by atomic mass is 16.2. The largest absolute Gasteiger partial charge is 0.346 e. The second-order valence-corrected chi connectivity index (χ2v) is 7.68. The van der Waals surface area contributed by atoms with E-state index in [1.807, 2.05) is 42.5 Å². The van der Waals surface area contributed by atoms with Crippen LogP contribution in [-0.4, -0.2) is 41.8 Å². The molecule has 0 bridgehead atoms. The van der Waals surface area contributed by atoms with E-state index in [9.17, 15) is 9.59 Å². The summed E-state index contributed by atoms with van der Waals surface area (Å²) in [4.78, 5) is 27.3. The minimum atomic E-state index is -0.287. The first-order chi connectivity index (χ1) is 13.5. The van der Waals surface area contributed by atoms with Crippen LogP contribution >= 0.6 is 0 Å². The van der Waals surface area contributed by atoms with Crippen LogP contribution < -0.4 is 5.32 Å².